The quantitative estimate of drug-likeness (QED) is 0.683. The van der Waals surface area contributed by atoms with Crippen molar-refractivity contribution in [3.8, 4) is 0 Å². The van der Waals surface area contributed by atoms with Gasteiger partial charge in [0, 0.05) is 28.6 Å². The number of benzene rings is 1. The van der Waals surface area contributed by atoms with Gasteiger partial charge in [-0.3, -0.25) is 0 Å². The van der Waals surface area contributed by atoms with Crippen molar-refractivity contribution in [1.29, 1.82) is 0 Å². The van der Waals surface area contributed by atoms with Crippen LogP contribution in [0.3, 0.4) is 0 Å². The van der Waals surface area contributed by atoms with Crippen molar-refractivity contribution in [3.05, 3.63) is 28.2 Å². The van der Waals surface area contributed by atoms with Gasteiger partial charge in [-0.25, -0.2) is 0 Å². The second-order valence-corrected chi connectivity index (χ2v) is 6.68. The molecular weight excluding hydrogens is 342 g/mol. The number of hydrogen-bond donors (Lipinski definition) is 0. The van der Waals surface area contributed by atoms with E-state index in [-0.39, 0.29) is 0 Å². The van der Waals surface area contributed by atoms with E-state index in [9.17, 15) is 0 Å². The van der Waals surface area contributed by atoms with Crippen molar-refractivity contribution in [2.24, 2.45) is 11.8 Å². The highest BCUT2D eigenvalue weighted by atomic mass is 79.9. The van der Waals surface area contributed by atoms with Crippen molar-refractivity contribution in [1.82, 2.24) is 0 Å². The molecule has 0 aliphatic carbocycles. The third kappa shape index (κ3) is 3.25. The lowest BCUT2D eigenvalue weighted by atomic mass is 9.91. The van der Waals surface area contributed by atoms with E-state index in [1.807, 2.05) is 0 Å². The molecule has 94 valence electrons. The monoisotopic (exact) mass is 359 g/mol. The van der Waals surface area contributed by atoms with Crippen molar-refractivity contribution < 1.29 is 0 Å². The van der Waals surface area contributed by atoms with Crippen molar-refractivity contribution in [3.63, 3.8) is 0 Å². The molecule has 0 aromatic heterocycles. The number of piperidine rings is 1. The van der Waals surface area contributed by atoms with Gasteiger partial charge in [-0.1, -0.05) is 51.8 Å². The van der Waals surface area contributed by atoms with Gasteiger partial charge in [-0.2, -0.15) is 0 Å². The Labute approximate surface area is 121 Å². The van der Waals surface area contributed by atoms with Crippen LogP contribution in [0, 0.1) is 11.8 Å². The molecule has 0 saturated carbocycles. The van der Waals surface area contributed by atoms with Crippen LogP contribution in [-0.4, -0.2) is 13.1 Å². The summed E-state index contributed by atoms with van der Waals surface area (Å²) in [7, 11) is 0. The van der Waals surface area contributed by atoms with Crippen LogP contribution >= 0.6 is 31.9 Å². The molecule has 1 aromatic carbocycles. The van der Waals surface area contributed by atoms with Crippen LogP contribution in [0.2, 0.25) is 0 Å². The van der Waals surface area contributed by atoms with Gasteiger partial charge < -0.3 is 4.90 Å². The summed E-state index contributed by atoms with van der Waals surface area (Å²) in [5.41, 5.74) is 2.66. The second-order valence-electron chi connectivity index (χ2n) is 5.26. The summed E-state index contributed by atoms with van der Waals surface area (Å²) in [5.74, 6) is 1.60. The van der Waals surface area contributed by atoms with Gasteiger partial charge in [0.25, 0.3) is 0 Å². The first-order valence-electron chi connectivity index (χ1n) is 6.19. The average molecular weight is 361 g/mol. The fourth-order valence-corrected chi connectivity index (χ4v) is 4.09. The molecule has 2 rings (SSSR count). The fraction of sp³-hybridized carbons (Fsp3) is 0.571. The van der Waals surface area contributed by atoms with Crippen LogP contribution in [0.15, 0.2) is 22.7 Å². The van der Waals surface area contributed by atoms with Crippen LogP contribution in [0.4, 0.5) is 5.69 Å². The molecule has 3 heteroatoms. The molecule has 2 unspecified atom stereocenters. The molecule has 1 heterocycles. The molecule has 0 amide bonds. The number of halogens is 2. The lowest BCUT2D eigenvalue weighted by Crippen LogP contribution is -2.38. The molecule has 1 fully saturated rings. The highest BCUT2D eigenvalue weighted by Gasteiger charge is 2.22. The van der Waals surface area contributed by atoms with Crippen LogP contribution < -0.4 is 4.90 Å². The van der Waals surface area contributed by atoms with Gasteiger partial charge >= 0.3 is 0 Å². The van der Waals surface area contributed by atoms with E-state index < -0.39 is 0 Å². The summed E-state index contributed by atoms with van der Waals surface area (Å²) in [6.07, 6.45) is 1.36. The SMILES string of the molecule is CC1CC(C)CN(c2ccc(CBr)c(Br)c2)C1. The molecule has 1 nitrogen and oxygen atoms in total. The van der Waals surface area contributed by atoms with E-state index in [2.05, 4.69) is 68.8 Å². The molecule has 1 aliphatic heterocycles. The van der Waals surface area contributed by atoms with E-state index in [4.69, 9.17) is 0 Å². The Balaban J connectivity index is 2.19. The van der Waals surface area contributed by atoms with Crippen LogP contribution in [-0.2, 0) is 5.33 Å². The molecule has 2 atom stereocenters. The van der Waals surface area contributed by atoms with Gasteiger partial charge in [0.2, 0.25) is 0 Å². The van der Waals surface area contributed by atoms with Crippen molar-refractivity contribution >= 4 is 37.5 Å². The second kappa shape index (κ2) is 5.75. The van der Waals surface area contributed by atoms with Gasteiger partial charge in [-0.15, -0.1) is 0 Å². The topological polar surface area (TPSA) is 3.24 Å². The standard InChI is InChI=1S/C14H19Br2N/c1-10-5-11(2)9-17(8-10)13-4-3-12(7-15)14(16)6-13/h3-4,6,10-11H,5,7-9H2,1-2H3. The zero-order valence-electron chi connectivity index (χ0n) is 10.4. The third-order valence-corrected chi connectivity index (χ3v) is 4.76. The Morgan fingerprint density at radius 3 is 2.41 bits per heavy atom. The zero-order chi connectivity index (χ0) is 12.4. The molecular formula is C14H19Br2N. The molecule has 17 heavy (non-hydrogen) atoms. The number of hydrogen-bond acceptors (Lipinski definition) is 1. The number of anilines is 1. The first-order valence-corrected chi connectivity index (χ1v) is 8.11. The minimum Gasteiger partial charge on any atom is -0.371 e. The third-order valence-electron chi connectivity index (χ3n) is 3.41. The first kappa shape index (κ1) is 13.4. The number of rotatable bonds is 2. The fourth-order valence-electron chi connectivity index (χ4n) is 2.72. The van der Waals surface area contributed by atoms with E-state index in [0.717, 1.165) is 17.2 Å². The molecule has 0 radical (unpaired) electrons. The summed E-state index contributed by atoms with van der Waals surface area (Å²) < 4.78 is 1.21. The maximum absolute atomic E-state index is 3.65. The number of alkyl halides is 1. The van der Waals surface area contributed by atoms with Crippen molar-refractivity contribution in [2.45, 2.75) is 25.6 Å². The van der Waals surface area contributed by atoms with Crippen LogP contribution in [0.5, 0.6) is 0 Å². The van der Waals surface area contributed by atoms with Gasteiger partial charge in [0.15, 0.2) is 0 Å². The molecule has 0 bridgehead atoms. The van der Waals surface area contributed by atoms with E-state index >= 15 is 0 Å². The Morgan fingerprint density at radius 1 is 1.24 bits per heavy atom. The molecule has 1 aliphatic rings. The zero-order valence-corrected chi connectivity index (χ0v) is 13.6. The minimum atomic E-state index is 0.799. The Morgan fingerprint density at radius 2 is 1.88 bits per heavy atom. The highest BCUT2D eigenvalue weighted by molar-refractivity contribution is 9.10. The van der Waals surface area contributed by atoms with Crippen LogP contribution in [0.25, 0.3) is 0 Å². The molecule has 1 aromatic rings. The average Bonchev–Trinajstić information content (AvgIpc) is 2.27. The molecule has 1 saturated heterocycles. The number of nitrogens with zero attached hydrogens (tertiary/aromatic N) is 1. The summed E-state index contributed by atoms with van der Waals surface area (Å²) in [6, 6.07) is 6.70. The summed E-state index contributed by atoms with van der Waals surface area (Å²) in [4.78, 5) is 2.52. The van der Waals surface area contributed by atoms with E-state index in [0.29, 0.717) is 0 Å². The lowest BCUT2D eigenvalue weighted by Gasteiger charge is -2.36. The Hall–Kier alpha value is -0.0200. The predicted molar refractivity (Wildman–Crippen MR) is 81.9 cm³/mol. The highest BCUT2D eigenvalue weighted by Crippen LogP contribution is 2.30. The lowest BCUT2D eigenvalue weighted by molar-refractivity contribution is 0.357. The molecule has 0 N–H and O–H groups in total. The van der Waals surface area contributed by atoms with Gasteiger partial charge in [0.1, 0.15) is 0 Å². The minimum absolute atomic E-state index is 0.799. The summed E-state index contributed by atoms with van der Waals surface area (Å²) >= 11 is 7.15. The van der Waals surface area contributed by atoms with Crippen molar-refractivity contribution in [2.75, 3.05) is 18.0 Å². The first-order chi connectivity index (χ1) is 8.10. The van der Waals surface area contributed by atoms with Gasteiger partial charge in [-0.05, 0) is 36.0 Å². The predicted octanol–water partition coefficient (Wildman–Crippen LogP) is 4.83. The Bertz CT molecular complexity index is 382. The van der Waals surface area contributed by atoms with E-state index in [1.54, 1.807) is 0 Å². The maximum atomic E-state index is 3.65. The maximum Gasteiger partial charge on any atom is 0.0377 e. The smallest absolute Gasteiger partial charge is 0.0377 e. The summed E-state index contributed by atoms with van der Waals surface area (Å²) in [5, 5.41) is 0.903. The molecule has 0 spiro atoms. The van der Waals surface area contributed by atoms with Gasteiger partial charge in [0.05, 0.1) is 0 Å². The van der Waals surface area contributed by atoms with E-state index in [1.165, 1.54) is 35.2 Å². The normalized spacial score (nSPS) is 25.1. The largest absolute Gasteiger partial charge is 0.371 e. The van der Waals surface area contributed by atoms with Crippen LogP contribution in [0.1, 0.15) is 25.8 Å². The Kier molecular flexibility index (Phi) is 4.53. The summed E-state index contributed by atoms with van der Waals surface area (Å²) in [6.45, 7) is 7.07.